The predicted octanol–water partition coefficient (Wildman–Crippen LogP) is 1.12. The molecule has 1 aromatic heterocycles. The molecule has 1 N–H and O–H groups in total. The van der Waals surface area contributed by atoms with Crippen molar-refractivity contribution in [3.8, 4) is 5.88 Å². The van der Waals surface area contributed by atoms with Crippen molar-refractivity contribution in [1.29, 1.82) is 0 Å². The van der Waals surface area contributed by atoms with Crippen molar-refractivity contribution < 1.29 is 4.74 Å². The number of hydrogen-bond donors (Lipinski definition) is 1. The van der Waals surface area contributed by atoms with Crippen molar-refractivity contribution in [3.05, 3.63) is 23.9 Å². The minimum absolute atomic E-state index is 0.517. The number of pyridine rings is 1. The van der Waals surface area contributed by atoms with Gasteiger partial charge in [-0.1, -0.05) is 6.07 Å². The Balaban J connectivity index is 2.13. The molecular weight excluding hydrogens is 152 g/mol. The number of rotatable bonds is 2. The van der Waals surface area contributed by atoms with Crippen LogP contribution in [-0.4, -0.2) is 18.6 Å². The second-order valence-electron chi connectivity index (χ2n) is 2.93. The molecule has 1 aromatic rings. The molecule has 0 saturated carbocycles. The fourth-order valence-corrected chi connectivity index (χ4v) is 1.29. The minimum atomic E-state index is 0.517. The van der Waals surface area contributed by atoms with Crippen LogP contribution in [-0.2, 0) is 0 Å². The quantitative estimate of drug-likeness (QED) is 0.711. The number of ether oxygens (including phenoxy) is 1. The van der Waals surface area contributed by atoms with Gasteiger partial charge in [0.25, 0.3) is 0 Å². The summed E-state index contributed by atoms with van der Waals surface area (Å²) in [5.74, 6) is 0.679. The third-order valence-corrected chi connectivity index (χ3v) is 2.19. The summed E-state index contributed by atoms with van der Waals surface area (Å²) in [4.78, 5) is 4.14. The summed E-state index contributed by atoms with van der Waals surface area (Å²) >= 11 is 0. The first-order valence-corrected chi connectivity index (χ1v) is 4.13. The Labute approximate surface area is 71.8 Å². The summed E-state index contributed by atoms with van der Waals surface area (Å²) in [5.41, 5.74) is 1.25. The van der Waals surface area contributed by atoms with E-state index in [1.165, 1.54) is 12.0 Å². The maximum Gasteiger partial charge on any atom is 0.212 e. The molecule has 1 fully saturated rings. The molecule has 1 aliphatic heterocycles. The highest BCUT2D eigenvalue weighted by Crippen LogP contribution is 2.22. The van der Waals surface area contributed by atoms with Crippen LogP contribution in [0.4, 0.5) is 0 Å². The molecule has 1 atom stereocenters. The van der Waals surface area contributed by atoms with Crippen LogP contribution in [0.2, 0.25) is 0 Å². The van der Waals surface area contributed by atoms with E-state index in [0.29, 0.717) is 11.9 Å². The van der Waals surface area contributed by atoms with Gasteiger partial charge in [0.05, 0.1) is 7.11 Å². The van der Waals surface area contributed by atoms with Gasteiger partial charge in [-0.15, -0.1) is 0 Å². The molecule has 2 heterocycles. The fourth-order valence-electron chi connectivity index (χ4n) is 1.29. The Bertz CT molecular complexity index is 254. The van der Waals surface area contributed by atoms with Crippen LogP contribution in [0.3, 0.4) is 0 Å². The van der Waals surface area contributed by atoms with Gasteiger partial charge in [-0.25, -0.2) is 4.98 Å². The van der Waals surface area contributed by atoms with Crippen LogP contribution in [0.5, 0.6) is 5.88 Å². The summed E-state index contributed by atoms with van der Waals surface area (Å²) < 4.78 is 4.97. The summed E-state index contributed by atoms with van der Waals surface area (Å²) in [6, 6.07) is 4.47. The van der Waals surface area contributed by atoms with Gasteiger partial charge in [0.15, 0.2) is 0 Å². The van der Waals surface area contributed by atoms with Crippen LogP contribution in [0.15, 0.2) is 18.3 Å². The molecule has 12 heavy (non-hydrogen) atoms. The lowest BCUT2D eigenvalue weighted by molar-refractivity contribution is 0.376. The van der Waals surface area contributed by atoms with E-state index in [1.54, 1.807) is 7.11 Å². The Hall–Kier alpha value is -1.09. The first-order chi connectivity index (χ1) is 5.90. The lowest BCUT2D eigenvalue weighted by Gasteiger charge is -2.27. The van der Waals surface area contributed by atoms with Gasteiger partial charge in [0.2, 0.25) is 5.88 Å². The maximum atomic E-state index is 4.97. The standard InChI is InChI=1S/C9H12N2O/c1-12-9-3-2-7(6-11-9)8-4-5-10-8/h2-3,6,8,10H,4-5H2,1H3/t8-/m0/s1. The number of hydrogen-bond acceptors (Lipinski definition) is 3. The third kappa shape index (κ3) is 1.28. The van der Waals surface area contributed by atoms with Crippen LogP contribution in [0.25, 0.3) is 0 Å². The normalized spacial score (nSPS) is 21.6. The van der Waals surface area contributed by atoms with E-state index < -0.39 is 0 Å². The monoisotopic (exact) mass is 164 g/mol. The van der Waals surface area contributed by atoms with Crippen molar-refractivity contribution in [2.75, 3.05) is 13.7 Å². The van der Waals surface area contributed by atoms with E-state index in [9.17, 15) is 0 Å². The van der Waals surface area contributed by atoms with Crippen LogP contribution >= 0.6 is 0 Å². The topological polar surface area (TPSA) is 34.1 Å². The molecule has 3 heteroatoms. The van der Waals surface area contributed by atoms with E-state index in [0.717, 1.165) is 6.54 Å². The summed E-state index contributed by atoms with van der Waals surface area (Å²) in [7, 11) is 1.63. The van der Waals surface area contributed by atoms with Gasteiger partial charge in [0.1, 0.15) is 0 Å². The van der Waals surface area contributed by atoms with E-state index in [2.05, 4.69) is 16.4 Å². The molecule has 2 rings (SSSR count). The van der Waals surface area contributed by atoms with Gasteiger partial charge < -0.3 is 10.1 Å². The smallest absolute Gasteiger partial charge is 0.212 e. The first kappa shape index (κ1) is 7.55. The average Bonchev–Trinajstić information content (AvgIpc) is 2.03. The number of nitrogens with zero attached hydrogens (tertiary/aromatic N) is 1. The van der Waals surface area contributed by atoms with Crippen molar-refractivity contribution in [1.82, 2.24) is 10.3 Å². The lowest BCUT2D eigenvalue weighted by atomic mass is 10.00. The second kappa shape index (κ2) is 3.11. The molecule has 0 aliphatic carbocycles. The zero-order valence-electron chi connectivity index (χ0n) is 7.08. The Morgan fingerprint density at radius 3 is 2.83 bits per heavy atom. The number of nitrogens with one attached hydrogen (secondary N) is 1. The highest BCUT2D eigenvalue weighted by molar-refractivity contribution is 5.22. The lowest BCUT2D eigenvalue weighted by Crippen LogP contribution is -2.34. The molecule has 0 unspecified atom stereocenters. The molecule has 0 bridgehead atoms. The van der Waals surface area contributed by atoms with E-state index in [1.807, 2.05) is 12.3 Å². The highest BCUT2D eigenvalue weighted by Gasteiger charge is 2.18. The Morgan fingerprint density at radius 1 is 1.58 bits per heavy atom. The average molecular weight is 164 g/mol. The zero-order chi connectivity index (χ0) is 8.39. The van der Waals surface area contributed by atoms with Gasteiger partial charge >= 0.3 is 0 Å². The number of methoxy groups -OCH3 is 1. The molecule has 3 nitrogen and oxygen atoms in total. The van der Waals surface area contributed by atoms with Crippen LogP contribution in [0.1, 0.15) is 18.0 Å². The number of aromatic nitrogens is 1. The van der Waals surface area contributed by atoms with E-state index in [-0.39, 0.29) is 0 Å². The molecule has 0 spiro atoms. The summed E-state index contributed by atoms with van der Waals surface area (Å²) in [6.07, 6.45) is 3.09. The summed E-state index contributed by atoms with van der Waals surface area (Å²) in [5, 5.41) is 3.32. The second-order valence-corrected chi connectivity index (χ2v) is 2.93. The Kier molecular flexibility index (Phi) is 1.96. The fraction of sp³-hybridized carbons (Fsp3) is 0.444. The van der Waals surface area contributed by atoms with Gasteiger partial charge in [0, 0.05) is 18.3 Å². The molecular formula is C9H12N2O. The Morgan fingerprint density at radius 2 is 2.42 bits per heavy atom. The largest absolute Gasteiger partial charge is 0.481 e. The van der Waals surface area contributed by atoms with Crippen molar-refractivity contribution >= 4 is 0 Å². The molecule has 0 radical (unpaired) electrons. The maximum absolute atomic E-state index is 4.97. The molecule has 1 saturated heterocycles. The molecule has 0 amide bonds. The summed E-state index contributed by atoms with van der Waals surface area (Å²) in [6.45, 7) is 1.12. The van der Waals surface area contributed by atoms with E-state index in [4.69, 9.17) is 4.74 Å². The van der Waals surface area contributed by atoms with Crippen molar-refractivity contribution in [3.63, 3.8) is 0 Å². The van der Waals surface area contributed by atoms with Crippen LogP contribution < -0.4 is 10.1 Å². The molecule has 64 valence electrons. The third-order valence-electron chi connectivity index (χ3n) is 2.19. The first-order valence-electron chi connectivity index (χ1n) is 4.13. The predicted molar refractivity (Wildman–Crippen MR) is 46.1 cm³/mol. The minimum Gasteiger partial charge on any atom is -0.481 e. The van der Waals surface area contributed by atoms with Gasteiger partial charge in [-0.2, -0.15) is 0 Å². The zero-order valence-corrected chi connectivity index (χ0v) is 7.08. The van der Waals surface area contributed by atoms with Crippen LogP contribution in [0, 0.1) is 0 Å². The SMILES string of the molecule is COc1ccc([C@@H]2CCN2)cn1. The highest BCUT2D eigenvalue weighted by atomic mass is 16.5. The van der Waals surface area contributed by atoms with Crippen molar-refractivity contribution in [2.24, 2.45) is 0 Å². The molecule has 1 aliphatic rings. The van der Waals surface area contributed by atoms with Crippen molar-refractivity contribution in [2.45, 2.75) is 12.5 Å². The van der Waals surface area contributed by atoms with Gasteiger partial charge in [-0.05, 0) is 18.5 Å². The molecule has 0 aromatic carbocycles. The van der Waals surface area contributed by atoms with Gasteiger partial charge in [-0.3, -0.25) is 0 Å². The van der Waals surface area contributed by atoms with E-state index >= 15 is 0 Å².